The molecular weight excluding hydrogens is 392 g/mol. The Morgan fingerprint density at radius 3 is 2.61 bits per heavy atom. The van der Waals surface area contributed by atoms with Gasteiger partial charge in [-0.1, -0.05) is 36.8 Å². The molecule has 0 aliphatic carbocycles. The molecule has 1 aliphatic heterocycles. The van der Waals surface area contributed by atoms with Crippen LogP contribution in [0.3, 0.4) is 0 Å². The van der Waals surface area contributed by atoms with Crippen molar-refractivity contribution in [1.29, 1.82) is 0 Å². The van der Waals surface area contributed by atoms with Gasteiger partial charge in [0.05, 0.1) is 0 Å². The topological polar surface area (TPSA) is 92.1 Å². The summed E-state index contributed by atoms with van der Waals surface area (Å²) in [6, 6.07) is 11.9. The molecule has 2 aromatic heterocycles. The highest BCUT2D eigenvalue weighted by Gasteiger charge is 2.17. The minimum atomic E-state index is -0.164. The number of tetrazole rings is 1. The minimum absolute atomic E-state index is 0.0236. The van der Waals surface area contributed by atoms with E-state index in [9.17, 15) is 4.79 Å². The number of pyridine rings is 1. The SMILES string of the molecule is CCN1CCN(c2cc(CNC(=O)Cn3nnc(-c4ccc(C)cc4)n3)ccn2)CC1. The zero-order valence-corrected chi connectivity index (χ0v) is 18.0. The van der Waals surface area contributed by atoms with E-state index < -0.39 is 0 Å². The van der Waals surface area contributed by atoms with Gasteiger partial charge in [-0.05, 0) is 36.4 Å². The van der Waals surface area contributed by atoms with Crippen LogP contribution in [0.25, 0.3) is 11.4 Å². The fourth-order valence-corrected chi connectivity index (χ4v) is 3.55. The molecule has 0 unspecified atom stereocenters. The molecule has 1 aliphatic rings. The molecule has 3 aromatic rings. The van der Waals surface area contributed by atoms with Crippen molar-refractivity contribution in [3.8, 4) is 11.4 Å². The monoisotopic (exact) mass is 420 g/mol. The van der Waals surface area contributed by atoms with Crippen LogP contribution in [0.4, 0.5) is 5.82 Å². The van der Waals surface area contributed by atoms with Gasteiger partial charge in [-0.3, -0.25) is 4.79 Å². The smallest absolute Gasteiger partial charge is 0.243 e. The van der Waals surface area contributed by atoms with Gasteiger partial charge >= 0.3 is 0 Å². The molecule has 1 saturated heterocycles. The molecule has 1 amide bonds. The summed E-state index contributed by atoms with van der Waals surface area (Å²) >= 11 is 0. The van der Waals surface area contributed by atoms with Crippen LogP contribution < -0.4 is 10.2 Å². The number of amides is 1. The number of piperazine rings is 1. The number of nitrogens with zero attached hydrogens (tertiary/aromatic N) is 7. The van der Waals surface area contributed by atoms with Crippen LogP contribution in [0.15, 0.2) is 42.6 Å². The van der Waals surface area contributed by atoms with Gasteiger partial charge in [-0.25, -0.2) is 4.98 Å². The van der Waals surface area contributed by atoms with Crippen molar-refractivity contribution in [2.24, 2.45) is 0 Å². The second-order valence-electron chi connectivity index (χ2n) is 7.73. The van der Waals surface area contributed by atoms with Crippen molar-refractivity contribution in [1.82, 2.24) is 35.4 Å². The van der Waals surface area contributed by atoms with E-state index in [1.165, 1.54) is 4.80 Å². The lowest BCUT2D eigenvalue weighted by atomic mass is 10.1. The lowest BCUT2D eigenvalue weighted by molar-refractivity contribution is -0.122. The predicted molar refractivity (Wildman–Crippen MR) is 118 cm³/mol. The first-order chi connectivity index (χ1) is 15.1. The van der Waals surface area contributed by atoms with Crippen molar-refractivity contribution in [3.63, 3.8) is 0 Å². The lowest BCUT2D eigenvalue weighted by Crippen LogP contribution is -2.46. The van der Waals surface area contributed by atoms with E-state index in [1.807, 2.05) is 43.3 Å². The molecule has 9 nitrogen and oxygen atoms in total. The fraction of sp³-hybridized carbons (Fsp3) is 0.409. The number of carbonyl (C=O) groups excluding carboxylic acids is 1. The van der Waals surface area contributed by atoms with Crippen LogP contribution in [-0.2, 0) is 17.9 Å². The largest absolute Gasteiger partial charge is 0.354 e. The number of aryl methyl sites for hydroxylation is 1. The first kappa shape index (κ1) is 20.9. The van der Waals surface area contributed by atoms with Gasteiger partial charge in [0.25, 0.3) is 0 Å². The molecule has 1 aromatic carbocycles. The number of anilines is 1. The Balaban J connectivity index is 1.30. The van der Waals surface area contributed by atoms with Crippen LogP contribution in [0.1, 0.15) is 18.1 Å². The maximum Gasteiger partial charge on any atom is 0.243 e. The van der Waals surface area contributed by atoms with Gasteiger partial charge in [0.15, 0.2) is 0 Å². The van der Waals surface area contributed by atoms with Gasteiger partial charge in [-0.2, -0.15) is 4.80 Å². The molecule has 1 N–H and O–H groups in total. The number of carbonyl (C=O) groups is 1. The third-order valence-electron chi connectivity index (χ3n) is 5.49. The highest BCUT2D eigenvalue weighted by molar-refractivity contribution is 5.75. The van der Waals surface area contributed by atoms with Crippen molar-refractivity contribution >= 4 is 11.7 Å². The average Bonchev–Trinajstić information content (AvgIpc) is 3.27. The van der Waals surface area contributed by atoms with Crippen LogP contribution in [-0.4, -0.2) is 68.7 Å². The van der Waals surface area contributed by atoms with Crippen LogP contribution >= 0.6 is 0 Å². The first-order valence-corrected chi connectivity index (χ1v) is 10.6. The van der Waals surface area contributed by atoms with Gasteiger partial charge in [0.1, 0.15) is 12.4 Å². The first-order valence-electron chi connectivity index (χ1n) is 10.6. The number of benzene rings is 1. The second-order valence-corrected chi connectivity index (χ2v) is 7.73. The van der Waals surface area contributed by atoms with E-state index in [1.54, 1.807) is 6.20 Å². The number of aromatic nitrogens is 5. The van der Waals surface area contributed by atoms with E-state index in [-0.39, 0.29) is 12.5 Å². The summed E-state index contributed by atoms with van der Waals surface area (Å²) in [6.45, 7) is 9.80. The number of nitrogens with one attached hydrogen (secondary N) is 1. The lowest BCUT2D eigenvalue weighted by Gasteiger charge is -2.34. The van der Waals surface area contributed by atoms with E-state index in [4.69, 9.17) is 0 Å². The van der Waals surface area contributed by atoms with Gasteiger partial charge in [0.2, 0.25) is 11.7 Å². The molecule has 0 radical (unpaired) electrons. The highest BCUT2D eigenvalue weighted by atomic mass is 16.2. The normalized spacial score (nSPS) is 14.6. The molecular formula is C22H28N8O. The number of rotatable bonds is 7. The average molecular weight is 421 g/mol. The Bertz CT molecular complexity index is 1010. The molecule has 0 bridgehead atoms. The molecule has 9 heteroatoms. The van der Waals surface area contributed by atoms with E-state index in [0.29, 0.717) is 12.4 Å². The molecule has 4 rings (SSSR count). The molecule has 0 saturated carbocycles. The second kappa shape index (κ2) is 9.65. The Morgan fingerprint density at radius 1 is 1.10 bits per heavy atom. The zero-order valence-electron chi connectivity index (χ0n) is 18.0. The predicted octanol–water partition coefficient (Wildman–Crippen LogP) is 1.50. The Hall–Kier alpha value is -3.33. The molecule has 0 spiro atoms. The zero-order chi connectivity index (χ0) is 21.6. The Labute approximate surface area is 182 Å². The highest BCUT2D eigenvalue weighted by Crippen LogP contribution is 2.16. The van der Waals surface area contributed by atoms with E-state index >= 15 is 0 Å². The van der Waals surface area contributed by atoms with Crippen molar-refractivity contribution in [3.05, 3.63) is 53.7 Å². The summed E-state index contributed by atoms with van der Waals surface area (Å²) in [6.07, 6.45) is 1.80. The summed E-state index contributed by atoms with van der Waals surface area (Å²) in [5.41, 5.74) is 3.06. The van der Waals surface area contributed by atoms with Crippen molar-refractivity contribution < 1.29 is 4.79 Å². The molecule has 0 atom stereocenters. The maximum absolute atomic E-state index is 12.4. The quantitative estimate of drug-likeness (QED) is 0.619. The van der Waals surface area contributed by atoms with Gasteiger partial charge < -0.3 is 15.1 Å². The summed E-state index contributed by atoms with van der Waals surface area (Å²) in [4.78, 5) is 22.9. The van der Waals surface area contributed by atoms with Gasteiger partial charge in [-0.15, -0.1) is 10.2 Å². The third-order valence-corrected chi connectivity index (χ3v) is 5.49. The fourth-order valence-electron chi connectivity index (χ4n) is 3.55. The minimum Gasteiger partial charge on any atom is -0.354 e. The Morgan fingerprint density at radius 2 is 1.87 bits per heavy atom. The Kier molecular flexibility index (Phi) is 6.51. The molecule has 3 heterocycles. The molecule has 31 heavy (non-hydrogen) atoms. The standard InChI is InChI=1S/C22H28N8O/c1-3-28-10-12-29(13-11-28)20-14-18(8-9-23-20)15-24-21(31)16-30-26-22(25-27-30)19-6-4-17(2)5-7-19/h4-9,14H,3,10-13,15-16H2,1-2H3,(H,24,31). The summed E-state index contributed by atoms with van der Waals surface area (Å²) in [7, 11) is 0. The number of likely N-dealkylation sites (N-methyl/N-ethyl adjacent to an activating group) is 1. The summed E-state index contributed by atoms with van der Waals surface area (Å²) in [5.74, 6) is 1.31. The summed E-state index contributed by atoms with van der Waals surface area (Å²) in [5, 5.41) is 15.3. The number of hydrogen-bond acceptors (Lipinski definition) is 7. The summed E-state index contributed by atoms with van der Waals surface area (Å²) < 4.78 is 0. The maximum atomic E-state index is 12.4. The molecule has 162 valence electrons. The van der Waals surface area contributed by atoms with Crippen LogP contribution in [0.5, 0.6) is 0 Å². The van der Waals surface area contributed by atoms with Gasteiger partial charge in [0, 0.05) is 44.5 Å². The van der Waals surface area contributed by atoms with Crippen molar-refractivity contribution in [2.75, 3.05) is 37.6 Å². The molecule has 1 fully saturated rings. The van der Waals surface area contributed by atoms with Crippen molar-refractivity contribution in [2.45, 2.75) is 26.9 Å². The number of hydrogen-bond donors (Lipinski definition) is 1. The third kappa shape index (κ3) is 5.43. The van der Waals surface area contributed by atoms with Crippen LogP contribution in [0, 0.1) is 6.92 Å². The van der Waals surface area contributed by atoms with E-state index in [0.717, 1.165) is 55.2 Å². The van der Waals surface area contributed by atoms with Crippen LogP contribution in [0.2, 0.25) is 0 Å². The van der Waals surface area contributed by atoms with E-state index in [2.05, 4.69) is 42.4 Å².